The number of hydrogen-bond donors (Lipinski definition) is 1. The van der Waals surface area contributed by atoms with Gasteiger partial charge in [-0.05, 0) is 50.5 Å². The standard InChI is InChI=1S/C22H24Cl2N2O2/c1-14-5-7-16(8-6-14)15(2)25-21(27)18-4-3-11-26(13-18)22(28)17-9-10-19(23)20(24)12-17/h5-10,12,15,18H,3-4,11,13H2,1-2H3,(H,25,27). The zero-order valence-electron chi connectivity index (χ0n) is 16.0. The third kappa shape index (κ3) is 4.86. The molecule has 0 radical (unpaired) electrons. The average molecular weight is 419 g/mol. The molecule has 1 saturated heterocycles. The van der Waals surface area contributed by atoms with Crippen molar-refractivity contribution < 1.29 is 9.59 Å². The van der Waals surface area contributed by atoms with Crippen molar-refractivity contribution in [2.75, 3.05) is 13.1 Å². The highest BCUT2D eigenvalue weighted by molar-refractivity contribution is 6.42. The van der Waals surface area contributed by atoms with Gasteiger partial charge in [0.05, 0.1) is 22.0 Å². The van der Waals surface area contributed by atoms with E-state index in [-0.39, 0.29) is 23.8 Å². The minimum atomic E-state index is -0.214. The average Bonchev–Trinajstić information content (AvgIpc) is 2.70. The lowest BCUT2D eigenvalue weighted by molar-refractivity contribution is -0.127. The molecule has 6 heteroatoms. The van der Waals surface area contributed by atoms with E-state index in [1.165, 1.54) is 5.56 Å². The molecule has 148 valence electrons. The molecule has 2 aromatic rings. The molecule has 1 N–H and O–H groups in total. The molecule has 4 nitrogen and oxygen atoms in total. The third-order valence-electron chi connectivity index (χ3n) is 5.18. The summed E-state index contributed by atoms with van der Waals surface area (Å²) < 4.78 is 0. The summed E-state index contributed by atoms with van der Waals surface area (Å²) in [7, 11) is 0. The van der Waals surface area contributed by atoms with Gasteiger partial charge in [-0.25, -0.2) is 0 Å². The second-order valence-corrected chi connectivity index (χ2v) is 8.17. The molecule has 1 aliphatic rings. The Morgan fingerprint density at radius 3 is 2.50 bits per heavy atom. The number of carbonyl (C=O) groups excluding carboxylic acids is 2. The van der Waals surface area contributed by atoms with Crippen LogP contribution in [0, 0.1) is 12.8 Å². The van der Waals surface area contributed by atoms with E-state index < -0.39 is 0 Å². The number of nitrogens with one attached hydrogen (secondary N) is 1. The largest absolute Gasteiger partial charge is 0.349 e. The Morgan fingerprint density at radius 2 is 1.82 bits per heavy atom. The van der Waals surface area contributed by atoms with Gasteiger partial charge < -0.3 is 10.2 Å². The summed E-state index contributed by atoms with van der Waals surface area (Å²) in [5.41, 5.74) is 2.74. The number of nitrogens with zero attached hydrogens (tertiary/aromatic N) is 1. The SMILES string of the molecule is Cc1ccc(C(C)NC(=O)C2CCCN(C(=O)c3ccc(Cl)c(Cl)c3)C2)cc1. The van der Waals surface area contributed by atoms with E-state index in [4.69, 9.17) is 23.2 Å². The quantitative estimate of drug-likeness (QED) is 0.756. The van der Waals surface area contributed by atoms with Gasteiger partial charge in [0.1, 0.15) is 0 Å². The first-order valence-corrected chi connectivity index (χ1v) is 10.2. The highest BCUT2D eigenvalue weighted by atomic mass is 35.5. The van der Waals surface area contributed by atoms with Crippen molar-refractivity contribution in [3.8, 4) is 0 Å². The zero-order valence-corrected chi connectivity index (χ0v) is 17.6. The Kier molecular flexibility index (Phi) is 6.63. The number of likely N-dealkylation sites (tertiary alicyclic amines) is 1. The van der Waals surface area contributed by atoms with E-state index in [2.05, 4.69) is 5.32 Å². The van der Waals surface area contributed by atoms with Gasteiger partial charge in [0.2, 0.25) is 5.91 Å². The van der Waals surface area contributed by atoms with Gasteiger partial charge in [-0.1, -0.05) is 53.0 Å². The summed E-state index contributed by atoms with van der Waals surface area (Å²) in [4.78, 5) is 27.3. The number of piperidine rings is 1. The van der Waals surface area contributed by atoms with Gasteiger partial charge in [0.15, 0.2) is 0 Å². The lowest BCUT2D eigenvalue weighted by Crippen LogP contribution is -2.45. The van der Waals surface area contributed by atoms with E-state index in [1.54, 1.807) is 23.1 Å². The van der Waals surface area contributed by atoms with Crippen molar-refractivity contribution in [2.45, 2.75) is 32.7 Å². The van der Waals surface area contributed by atoms with E-state index in [0.717, 1.165) is 18.4 Å². The Morgan fingerprint density at radius 1 is 1.11 bits per heavy atom. The van der Waals surface area contributed by atoms with Crippen LogP contribution in [0.25, 0.3) is 0 Å². The van der Waals surface area contributed by atoms with Crippen LogP contribution in [0.3, 0.4) is 0 Å². The Balaban J connectivity index is 1.63. The molecule has 0 bridgehead atoms. The zero-order chi connectivity index (χ0) is 20.3. The molecule has 3 rings (SSSR count). The second-order valence-electron chi connectivity index (χ2n) is 7.36. The molecule has 1 aliphatic heterocycles. The summed E-state index contributed by atoms with van der Waals surface area (Å²) in [6.07, 6.45) is 1.57. The van der Waals surface area contributed by atoms with Crippen LogP contribution in [-0.4, -0.2) is 29.8 Å². The number of aryl methyl sites for hydroxylation is 1. The van der Waals surface area contributed by atoms with Gasteiger partial charge >= 0.3 is 0 Å². The number of halogens is 2. The molecule has 2 aromatic carbocycles. The van der Waals surface area contributed by atoms with Gasteiger partial charge in [-0.15, -0.1) is 0 Å². The fourth-order valence-corrected chi connectivity index (χ4v) is 3.76. The number of carbonyl (C=O) groups is 2. The minimum absolute atomic E-state index is 0.0142. The van der Waals surface area contributed by atoms with Gasteiger partial charge in [-0.3, -0.25) is 9.59 Å². The molecule has 28 heavy (non-hydrogen) atoms. The maximum Gasteiger partial charge on any atom is 0.253 e. The van der Waals surface area contributed by atoms with Crippen molar-refractivity contribution in [3.05, 3.63) is 69.2 Å². The predicted octanol–water partition coefficient (Wildman–Crippen LogP) is 5.03. The van der Waals surface area contributed by atoms with E-state index in [1.807, 2.05) is 38.1 Å². The maximum atomic E-state index is 12.8. The lowest BCUT2D eigenvalue weighted by atomic mass is 9.95. The second kappa shape index (κ2) is 8.97. The van der Waals surface area contributed by atoms with Crippen molar-refractivity contribution >= 4 is 35.0 Å². The third-order valence-corrected chi connectivity index (χ3v) is 5.92. The van der Waals surface area contributed by atoms with Crippen LogP contribution < -0.4 is 5.32 Å². The van der Waals surface area contributed by atoms with Crippen LogP contribution in [0.15, 0.2) is 42.5 Å². The summed E-state index contributed by atoms with van der Waals surface area (Å²) in [6, 6.07) is 12.9. The van der Waals surface area contributed by atoms with Crippen molar-refractivity contribution in [2.24, 2.45) is 5.92 Å². The monoisotopic (exact) mass is 418 g/mol. The highest BCUT2D eigenvalue weighted by Crippen LogP contribution is 2.25. The maximum absolute atomic E-state index is 12.8. The first-order valence-electron chi connectivity index (χ1n) is 9.46. The van der Waals surface area contributed by atoms with Crippen molar-refractivity contribution in [1.29, 1.82) is 0 Å². The molecule has 0 aliphatic carbocycles. The van der Waals surface area contributed by atoms with Crippen LogP contribution in [0.2, 0.25) is 10.0 Å². The van der Waals surface area contributed by atoms with E-state index in [0.29, 0.717) is 28.7 Å². The van der Waals surface area contributed by atoms with Crippen LogP contribution in [0.5, 0.6) is 0 Å². The molecule has 1 heterocycles. The smallest absolute Gasteiger partial charge is 0.253 e. The van der Waals surface area contributed by atoms with Crippen LogP contribution in [0.1, 0.15) is 47.3 Å². The molecule has 1 fully saturated rings. The van der Waals surface area contributed by atoms with E-state index >= 15 is 0 Å². The first kappa shape index (κ1) is 20.7. The van der Waals surface area contributed by atoms with E-state index in [9.17, 15) is 9.59 Å². The Hall–Kier alpha value is -2.04. The van der Waals surface area contributed by atoms with Crippen LogP contribution in [-0.2, 0) is 4.79 Å². The number of hydrogen-bond acceptors (Lipinski definition) is 2. The minimum Gasteiger partial charge on any atom is -0.349 e. The summed E-state index contributed by atoms with van der Waals surface area (Å²) in [6.45, 7) is 5.06. The lowest BCUT2D eigenvalue weighted by Gasteiger charge is -2.32. The predicted molar refractivity (Wildman–Crippen MR) is 113 cm³/mol. The van der Waals surface area contributed by atoms with Crippen molar-refractivity contribution in [1.82, 2.24) is 10.2 Å². The van der Waals surface area contributed by atoms with Crippen LogP contribution in [0.4, 0.5) is 0 Å². The van der Waals surface area contributed by atoms with Crippen LogP contribution >= 0.6 is 23.2 Å². The first-order chi connectivity index (χ1) is 13.3. The Labute approximate surface area is 175 Å². The normalized spacial score (nSPS) is 17.9. The number of amides is 2. The summed E-state index contributed by atoms with van der Waals surface area (Å²) in [5.74, 6) is -0.351. The molecule has 0 spiro atoms. The molecule has 2 amide bonds. The molecular formula is C22H24Cl2N2O2. The Bertz CT molecular complexity index is 867. The molecule has 2 atom stereocenters. The summed E-state index contributed by atoms with van der Waals surface area (Å²) >= 11 is 12.0. The number of benzene rings is 2. The molecule has 2 unspecified atom stereocenters. The molecule has 0 saturated carbocycles. The molecule has 0 aromatic heterocycles. The fraction of sp³-hybridized carbons (Fsp3) is 0.364. The molecular weight excluding hydrogens is 395 g/mol. The van der Waals surface area contributed by atoms with Gasteiger partial charge in [0, 0.05) is 18.7 Å². The summed E-state index contributed by atoms with van der Waals surface area (Å²) in [5, 5.41) is 3.85. The highest BCUT2D eigenvalue weighted by Gasteiger charge is 2.29. The van der Waals surface area contributed by atoms with Gasteiger partial charge in [0.25, 0.3) is 5.91 Å². The van der Waals surface area contributed by atoms with Crippen molar-refractivity contribution in [3.63, 3.8) is 0 Å². The number of rotatable bonds is 4. The topological polar surface area (TPSA) is 49.4 Å². The van der Waals surface area contributed by atoms with Gasteiger partial charge in [-0.2, -0.15) is 0 Å². The fourth-order valence-electron chi connectivity index (χ4n) is 3.46.